The number of alkyl halides is 2. The van der Waals surface area contributed by atoms with Crippen LogP contribution in [0.25, 0.3) is 0 Å². The minimum absolute atomic E-state index is 0.380. The van der Waals surface area contributed by atoms with E-state index in [1.807, 2.05) is 0 Å². The van der Waals surface area contributed by atoms with Crippen molar-refractivity contribution >= 4 is 0 Å². The van der Waals surface area contributed by atoms with Gasteiger partial charge in [0.1, 0.15) is 0 Å². The number of fused-ring (bicyclic) bond motifs is 2. The van der Waals surface area contributed by atoms with Crippen molar-refractivity contribution in [2.45, 2.75) is 25.2 Å². The monoisotopic (exact) mass is 161 g/mol. The molecule has 1 N–H and O–H groups in total. The molecule has 2 aliphatic rings. The maximum atomic E-state index is 13.3. The molecule has 11 heavy (non-hydrogen) atoms. The smallest absolute Gasteiger partial charge is 0.256 e. The molecule has 0 radical (unpaired) electrons. The molecule has 1 nitrogen and oxygen atoms in total. The molecule has 2 unspecified atom stereocenters. The van der Waals surface area contributed by atoms with E-state index in [1.54, 1.807) is 0 Å². The first kappa shape index (κ1) is 7.47. The van der Waals surface area contributed by atoms with Crippen molar-refractivity contribution in [3.05, 3.63) is 0 Å². The molecule has 0 aromatic carbocycles. The normalized spacial score (nSPS) is 42.0. The quantitative estimate of drug-likeness (QED) is 0.569. The molecule has 0 spiro atoms. The molecule has 2 bridgehead atoms. The van der Waals surface area contributed by atoms with E-state index in [2.05, 4.69) is 5.32 Å². The standard InChI is InChI=1S/C8H13F2N/c9-8(10)6-2-1-3-7(8)5-11-4-6/h6-7,11H,1-5H2. The Bertz CT molecular complexity index is 134. The summed E-state index contributed by atoms with van der Waals surface area (Å²) in [6.07, 6.45) is 2.40. The Kier molecular flexibility index (Phi) is 1.63. The number of halogens is 2. The maximum absolute atomic E-state index is 13.3. The third-order valence-electron chi connectivity index (χ3n) is 2.98. The molecule has 2 rings (SSSR count). The van der Waals surface area contributed by atoms with Gasteiger partial charge in [-0.3, -0.25) is 0 Å². The van der Waals surface area contributed by atoms with Gasteiger partial charge in [0, 0.05) is 24.9 Å². The van der Waals surface area contributed by atoms with Crippen molar-refractivity contribution in [3.63, 3.8) is 0 Å². The van der Waals surface area contributed by atoms with Gasteiger partial charge in [0.2, 0.25) is 0 Å². The van der Waals surface area contributed by atoms with Gasteiger partial charge in [-0.1, -0.05) is 6.42 Å². The third kappa shape index (κ3) is 1.06. The van der Waals surface area contributed by atoms with Crippen molar-refractivity contribution in [2.75, 3.05) is 13.1 Å². The maximum Gasteiger partial charge on any atom is 0.256 e. The molecule has 3 heteroatoms. The Morgan fingerprint density at radius 2 is 1.64 bits per heavy atom. The van der Waals surface area contributed by atoms with E-state index >= 15 is 0 Å². The number of hydrogen-bond acceptors (Lipinski definition) is 1. The SMILES string of the molecule is FC1(F)C2CCCC1CNC2. The van der Waals surface area contributed by atoms with Crippen LogP contribution < -0.4 is 5.32 Å². The summed E-state index contributed by atoms with van der Waals surface area (Å²) in [7, 11) is 0. The first-order valence-corrected chi connectivity index (χ1v) is 4.30. The number of nitrogens with one attached hydrogen (secondary N) is 1. The van der Waals surface area contributed by atoms with Gasteiger partial charge in [-0.25, -0.2) is 8.78 Å². The predicted octanol–water partition coefficient (Wildman–Crippen LogP) is 1.64. The molecule has 1 aliphatic heterocycles. The Balaban J connectivity index is 2.17. The van der Waals surface area contributed by atoms with Crippen molar-refractivity contribution in [1.29, 1.82) is 0 Å². The molecule has 2 atom stereocenters. The minimum atomic E-state index is -2.37. The fraction of sp³-hybridized carbons (Fsp3) is 1.00. The van der Waals surface area contributed by atoms with Gasteiger partial charge >= 0.3 is 0 Å². The fourth-order valence-electron chi connectivity index (χ4n) is 2.24. The lowest BCUT2D eigenvalue weighted by atomic mass is 9.75. The van der Waals surface area contributed by atoms with E-state index in [4.69, 9.17) is 0 Å². The van der Waals surface area contributed by atoms with E-state index in [0.29, 0.717) is 25.9 Å². The van der Waals surface area contributed by atoms with Gasteiger partial charge < -0.3 is 5.32 Å². The Morgan fingerprint density at radius 3 is 2.09 bits per heavy atom. The molecule has 0 amide bonds. The van der Waals surface area contributed by atoms with Crippen LogP contribution in [0.3, 0.4) is 0 Å². The van der Waals surface area contributed by atoms with E-state index in [1.165, 1.54) is 0 Å². The highest BCUT2D eigenvalue weighted by Crippen LogP contribution is 2.44. The van der Waals surface area contributed by atoms with Crippen LogP contribution in [0.15, 0.2) is 0 Å². The number of rotatable bonds is 0. The average Bonchev–Trinajstić information content (AvgIpc) is 1.82. The van der Waals surface area contributed by atoms with Crippen LogP contribution in [0.1, 0.15) is 19.3 Å². The first-order chi connectivity index (χ1) is 5.21. The summed E-state index contributed by atoms with van der Waals surface area (Å²) in [5.41, 5.74) is 0. The zero-order valence-corrected chi connectivity index (χ0v) is 6.45. The topological polar surface area (TPSA) is 12.0 Å². The highest BCUT2D eigenvalue weighted by Gasteiger charge is 2.50. The molecule has 0 aromatic heterocycles. The minimum Gasteiger partial charge on any atom is -0.316 e. The second-order valence-corrected chi connectivity index (χ2v) is 3.66. The van der Waals surface area contributed by atoms with Crippen LogP contribution in [0, 0.1) is 11.8 Å². The zero-order valence-electron chi connectivity index (χ0n) is 6.45. The highest BCUT2D eigenvalue weighted by molar-refractivity contribution is 4.94. The summed E-state index contributed by atoms with van der Waals surface area (Å²) in [5.74, 6) is -3.13. The van der Waals surface area contributed by atoms with Crippen LogP contribution in [0.5, 0.6) is 0 Å². The molecule has 1 aliphatic carbocycles. The van der Waals surface area contributed by atoms with Crippen LogP contribution in [0.4, 0.5) is 8.78 Å². The third-order valence-corrected chi connectivity index (χ3v) is 2.98. The Morgan fingerprint density at radius 1 is 1.09 bits per heavy atom. The molecule has 0 aromatic rings. The Labute approximate surface area is 65.2 Å². The summed E-state index contributed by atoms with van der Waals surface area (Å²) in [4.78, 5) is 0. The molecular weight excluding hydrogens is 148 g/mol. The van der Waals surface area contributed by atoms with Gasteiger partial charge in [-0.2, -0.15) is 0 Å². The van der Waals surface area contributed by atoms with Gasteiger partial charge in [0.15, 0.2) is 0 Å². The lowest BCUT2D eigenvalue weighted by molar-refractivity contribution is -0.144. The second kappa shape index (κ2) is 2.41. The van der Waals surface area contributed by atoms with Crippen LogP contribution >= 0.6 is 0 Å². The van der Waals surface area contributed by atoms with Gasteiger partial charge in [0.25, 0.3) is 5.92 Å². The lowest BCUT2D eigenvalue weighted by Gasteiger charge is -2.42. The fourth-order valence-corrected chi connectivity index (χ4v) is 2.24. The molecule has 1 heterocycles. The van der Waals surface area contributed by atoms with Crippen molar-refractivity contribution in [2.24, 2.45) is 11.8 Å². The largest absolute Gasteiger partial charge is 0.316 e. The Hall–Kier alpha value is -0.180. The predicted molar refractivity (Wildman–Crippen MR) is 38.6 cm³/mol. The average molecular weight is 161 g/mol. The first-order valence-electron chi connectivity index (χ1n) is 4.30. The van der Waals surface area contributed by atoms with Crippen LogP contribution in [0.2, 0.25) is 0 Å². The van der Waals surface area contributed by atoms with Crippen molar-refractivity contribution in [1.82, 2.24) is 5.32 Å². The zero-order chi connectivity index (χ0) is 7.90. The molecule has 2 fully saturated rings. The second-order valence-electron chi connectivity index (χ2n) is 3.66. The van der Waals surface area contributed by atoms with E-state index in [-0.39, 0.29) is 11.8 Å². The highest BCUT2D eigenvalue weighted by atomic mass is 19.3. The van der Waals surface area contributed by atoms with Crippen LogP contribution in [-0.4, -0.2) is 19.0 Å². The van der Waals surface area contributed by atoms with Crippen LogP contribution in [-0.2, 0) is 0 Å². The molecule has 1 saturated carbocycles. The van der Waals surface area contributed by atoms with Crippen molar-refractivity contribution in [3.8, 4) is 0 Å². The summed E-state index contributed by atoms with van der Waals surface area (Å²) in [6.45, 7) is 1.03. The summed E-state index contributed by atoms with van der Waals surface area (Å²) in [5, 5.41) is 3.06. The summed E-state index contributed by atoms with van der Waals surface area (Å²) >= 11 is 0. The summed E-state index contributed by atoms with van der Waals surface area (Å²) < 4.78 is 26.5. The molecule has 1 saturated heterocycles. The van der Waals surface area contributed by atoms with Gasteiger partial charge in [0.05, 0.1) is 0 Å². The number of hydrogen-bond donors (Lipinski definition) is 1. The summed E-state index contributed by atoms with van der Waals surface area (Å²) in [6, 6.07) is 0. The van der Waals surface area contributed by atoms with Crippen molar-refractivity contribution < 1.29 is 8.78 Å². The van der Waals surface area contributed by atoms with E-state index in [9.17, 15) is 8.78 Å². The number of piperidine rings is 1. The lowest BCUT2D eigenvalue weighted by Crippen LogP contribution is -2.53. The molecular formula is C8H13F2N. The van der Waals surface area contributed by atoms with Gasteiger partial charge in [-0.15, -0.1) is 0 Å². The molecule has 64 valence electrons. The van der Waals surface area contributed by atoms with E-state index < -0.39 is 5.92 Å². The van der Waals surface area contributed by atoms with E-state index in [0.717, 1.165) is 6.42 Å². The van der Waals surface area contributed by atoms with Gasteiger partial charge in [-0.05, 0) is 12.8 Å².